The standard InChI is InChI=1S/C19H10FNO5/c20-12-7-5-11(6-8-12)15-9-10-16(25-15)19(24)26-21-17(22)13-3-1-2-4-14(13)18(21)23/h1-10H. The first-order valence-electron chi connectivity index (χ1n) is 7.60. The molecule has 0 unspecified atom stereocenters. The molecule has 4 rings (SSSR count). The maximum absolute atomic E-state index is 13.0. The number of nitrogens with zero attached hydrogens (tertiary/aromatic N) is 1. The number of amides is 2. The smallest absolute Gasteiger partial charge is 0.399 e. The van der Waals surface area contributed by atoms with Gasteiger partial charge in [0, 0.05) is 5.56 Å². The summed E-state index contributed by atoms with van der Waals surface area (Å²) in [7, 11) is 0. The topological polar surface area (TPSA) is 76.8 Å². The predicted molar refractivity (Wildman–Crippen MR) is 86.5 cm³/mol. The molecule has 0 radical (unpaired) electrons. The highest BCUT2D eigenvalue weighted by atomic mass is 19.1. The molecule has 0 fully saturated rings. The van der Waals surface area contributed by atoms with Crippen molar-refractivity contribution in [2.45, 2.75) is 0 Å². The van der Waals surface area contributed by atoms with Crippen LogP contribution in [-0.4, -0.2) is 22.8 Å². The molecule has 6 nitrogen and oxygen atoms in total. The van der Waals surface area contributed by atoms with E-state index in [-0.39, 0.29) is 16.9 Å². The molecule has 1 aliphatic rings. The Kier molecular flexibility index (Phi) is 3.62. The second-order valence-corrected chi connectivity index (χ2v) is 5.50. The minimum atomic E-state index is -0.993. The average Bonchev–Trinajstić information content (AvgIpc) is 3.23. The number of rotatable bonds is 3. The number of halogens is 1. The van der Waals surface area contributed by atoms with E-state index in [4.69, 9.17) is 9.25 Å². The van der Waals surface area contributed by atoms with Crippen LogP contribution in [0.2, 0.25) is 0 Å². The Balaban J connectivity index is 1.54. The van der Waals surface area contributed by atoms with Crippen LogP contribution in [-0.2, 0) is 4.84 Å². The molecule has 1 aromatic heterocycles. The van der Waals surface area contributed by atoms with E-state index >= 15 is 0 Å². The second kappa shape index (κ2) is 5.96. The molecule has 0 aliphatic carbocycles. The lowest BCUT2D eigenvalue weighted by atomic mass is 10.1. The van der Waals surface area contributed by atoms with Gasteiger partial charge in [-0.2, -0.15) is 0 Å². The van der Waals surface area contributed by atoms with Gasteiger partial charge in [-0.3, -0.25) is 9.59 Å². The van der Waals surface area contributed by atoms with Gasteiger partial charge < -0.3 is 9.25 Å². The number of carbonyl (C=O) groups excluding carboxylic acids is 3. The fourth-order valence-electron chi connectivity index (χ4n) is 2.59. The fraction of sp³-hybridized carbons (Fsp3) is 0. The normalized spacial score (nSPS) is 13.0. The lowest BCUT2D eigenvalue weighted by Gasteiger charge is -2.11. The first kappa shape index (κ1) is 15.8. The molecular formula is C19H10FNO5. The maximum Gasteiger partial charge on any atom is 0.399 e. The van der Waals surface area contributed by atoms with Crippen LogP contribution in [0.5, 0.6) is 0 Å². The molecular weight excluding hydrogens is 341 g/mol. The molecule has 128 valence electrons. The van der Waals surface area contributed by atoms with Crippen molar-refractivity contribution in [2.24, 2.45) is 0 Å². The van der Waals surface area contributed by atoms with Gasteiger partial charge in [-0.05, 0) is 48.5 Å². The highest BCUT2D eigenvalue weighted by Crippen LogP contribution is 2.25. The van der Waals surface area contributed by atoms with E-state index in [1.807, 2.05) is 0 Å². The minimum absolute atomic E-state index is 0.164. The van der Waals surface area contributed by atoms with Gasteiger partial charge in [-0.15, -0.1) is 0 Å². The molecule has 0 atom stereocenters. The van der Waals surface area contributed by atoms with Crippen molar-refractivity contribution in [3.8, 4) is 11.3 Å². The van der Waals surface area contributed by atoms with Gasteiger partial charge in [-0.25, -0.2) is 9.18 Å². The highest BCUT2D eigenvalue weighted by Gasteiger charge is 2.39. The van der Waals surface area contributed by atoms with Gasteiger partial charge in [0.15, 0.2) is 0 Å². The maximum atomic E-state index is 13.0. The zero-order valence-electron chi connectivity index (χ0n) is 13.1. The number of imide groups is 1. The van der Waals surface area contributed by atoms with E-state index < -0.39 is 23.6 Å². The van der Waals surface area contributed by atoms with Crippen LogP contribution in [0, 0.1) is 5.82 Å². The molecule has 3 aromatic rings. The highest BCUT2D eigenvalue weighted by molar-refractivity contribution is 6.21. The van der Waals surface area contributed by atoms with Gasteiger partial charge in [0.25, 0.3) is 11.8 Å². The second-order valence-electron chi connectivity index (χ2n) is 5.50. The molecule has 1 aliphatic heterocycles. The summed E-state index contributed by atoms with van der Waals surface area (Å²) in [6, 6.07) is 14.5. The van der Waals surface area contributed by atoms with Crippen molar-refractivity contribution in [1.82, 2.24) is 5.06 Å². The Hall–Kier alpha value is -3.74. The van der Waals surface area contributed by atoms with Crippen LogP contribution in [0.15, 0.2) is 65.1 Å². The van der Waals surface area contributed by atoms with Crippen molar-refractivity contribution in [3.05, 3.63) is 83.4 Å². The lowest BCUT2D eigenvalue weighted by Crippen LogP contribution is -2.32. The summed E-state index contributed by atoms with van der Waals surface area (Å²) in [5, 5.41) is 0.410. The Morgan fingerprint density at radius 1 is 0.885 bits per heavy atom. The minimum Gasteiger partial charge on any atom is -0.449 e. The number of fused-ring (bicyclic) bond motifs is 1. The van der Waals surface area contributed by atoms with Crippen molar-refractivity contribution in [3.63, 3.8) is 0 Å². The number of hydrogen-bond donors (Lipinski definition) is 0. The first-order chi connectivity index (χ1) is 12.5. The quantitative estimate of drug-likeness (QED) is 0.676. The summed E-state index contributed by atoms with van der Waals surface area (Å²) in [5.74, 6) is -2.70. The van der Waals surface area contributed by atoms with Gasteiger partial charge in [0.2, 0.25) is 5.76 Å². The Morgan fingerprint density at radius 2 is 1.50 bits per heavy atom. The fourth-order valence-corrected chi connectivity index (χ4v) is 2.59. The van der Waals surface area contributed by atoms with Gasteiger partial charge in [-0.1, -0.05) is 17.2 Å². The average molecular weight is 351 g/mol. The molecule has 7 heteroatoms. The summed E-state index contributed by atoms with van der Waals surface area (Å²) in [5.41, 5.74) is 0.889. The third-order valence-corrected chi connectivity index (χ3v) is 3.87. The molecule has 0 saturated heterocycles. The van der Waals surface area contributed by atoms with Crippen molar-refractivity contribution >= 4 is 17.8 Å². The first-order valence-corrected chi connectivity index (χ1v) is 7.60. The summed E-state index contributed by atoms with van der Waals surface area (Å²) in [6.45, 7) is 0. The van der Waals surface area contributed by atoms with Crippen LogP contribution < -0.4 is 0 Å². The summed E-state index contributed by atoms with van der Waals surface area (Å²) in [6.07, 6.45) is 0. The SMILES string of the molecule is O=C(ON1C(=O)c2ccccc2C1=O)c1ccc(-c2ccc(F)cc2)o1. The molecule has 2 heterocycles. The number of carbonyl (C=O) groups is 3. The molecule has 2 aromatic carbocycles. The van der Waals surface area contributed by atoms with E-state index in [0.717, 1.165) is 0 Å². The monoisotopic (exact) mass is 351 g/mol. The zero-order valence-corrected chi connectivity index (χ0v) is 13.1. The molecule has 26 heavy (non-hydrogen) atoms. The number of hydroxylamine groups is 2. The van der Waals surface area contributed by atoms with Gasteiger partial charge in [0.1, 0.15) is 11.6 Å². The van der Waals surface area contributed by atoms with E-state index in [9.17, 15) is 18.8 Å². The molecule has 0 bridgehead atoms. The van der Waals surface area contributed by atoms with Crippen molar-refractivity contribution in [1.29, 1.82) is 0 Å². The van der Waals surface area contributed by atoms with E-state index in [1.54, 1.807) is 12.1 Å². The summed E-state index contributed by atoms with van der Waals surface area (Å²) >= 11 is 0. The van der Waals surface area contributed by atoms with E-state index in [2.05, 4.69) is 0 Å². The van der Waals surface area contributed by atoms with Gasteiger partial charge >= 0.3 is 5.97 Å². The number of benzene rings is 2. The Labute approximate surface area is 146 Å². The summed E-state index contributed by atoms with van der Waals surface area (Å²) < 4.78 is 18.4. The van der Waals surface area contributed by atoms with Crippen LogP contribution in [0.25, 0.3) is 11.3 Å². The Morgan fingerprint density at radius 3 is 2.12 bits per heavy atom. The summed E-state index contributed by atoms with van der Waals surface area (Å²) in [4.78, 5) is 41.5. The molecule has 0 N–H and O–H groups in total. The predicted octanol–water partition coefficient (Wildman–Crippen LogP) is 3.45. The zero-order chi connectivity index (χ0) is 18.3. The van der Waals surface area contributed by atoms with Gasteiger partial charge in [0.05, 0.1) is 11.1 Å². The van der Waals surface area contributed by atoms with Crippen LogP contribution in [0.1, 0.15) is 31.3 Å². The number of furan rings is 1. The largest absolute Gasteiger partial charge is 0.449 e. The lowest BCUT2D eigenvalue weighted by molar-refractivity contribution is -0.0602. The van der Waals surface area contributed by atoms with E-state index in [0.29, 0.717) is 16.4 Å². The van der Waals surface area contributed by atoms with Crippen LogP contribution in [0.4, 0.5) is 4.39 Å². The molecule has 2 amide bonds. The molecule has 0 spiro atoms. The van der Waals surface area contributed by atoms with Crippen molar-refractivity contribution in [2.75, 3.05) is 0 Å². The van der Waals surface area contributed by atoms with Crippen LogP contribution in [0.3, 0.4) is 0 Å². The van der Waals surface area contributed by atoms with Crippen molar-refractivity contribution < 1.29 is 28.0 Å². The third kappa shape index (κ3) is 2.55. The molecule has 0 saturated carbocycles. The third-order valence-electron chi connectivity index (χ3n) is 3.87. The van der Waals surface area contributed by atoms with Crippen LogP contribution >= 0.6 is 0 Å². The number of hydrogen-bond acceptors (Lipinski definition) is 5. The Bertz CT molecular complexity index is 1000. The van der Waals surface area contributed by atoms with E-state index in [1.165, 1.54) is 48.5 Å².